The van der Waals surface area contributed by atoms with Crippen LogP contribution < -0.4 is 5.73 Å². The fourth-order valence-corrected chi connectivity index (χ4v) is 4.93. The van der Waals surface area contributed by atoms with E-state index in [9.17, 15) is 0 Å². The Balaban J connectivity index is 1.29. The van der Waals surface area contributed by atoms with Crippen LogP contribution in [0.25, 0.3) is 38.6 Å². The molecule has 0 bridgehead atoms. The van der Waals surface area contributed by atoms with E-state index in [0.717, 1.165) is 12.0 Å². The van der Waals surface area contributed by atoms with Crippen molar-refractivity contribution in [2.24, 2.45) is 5.73 Å². The second-order valence-corrected chi connectivity index (χ2v) is 8.84. The van der Waals surface area contributed by atoms with Gasteiger partial charge in [-0.25, -0.2) is 0 Å². The van der Waals surface area contributed by atoms with Crippen molar-refractivity contribution in [1.29, 1.82) is 0 Å². The zero-order valence-electron chi connectivity index (χ0n) is 18.9. The quantitative estimate of drug-likeness (QED) is 0.294. The minimum absolute atomic E-state index is 0.0530. The Labute approximate surface area is 199 Å². The first kappa shape index (κ1) is 20.5. The minimum atomic E-state index is -0.0530. The average Bonchev–Trinajstić information content (AvgIpc) is 3.24. The van der Waals surface area contributed by atoms with Crippen LogP contribution in [0.2, 0.25) is 0 Å². The lowest BCUT2D eigenvalue weighted by molar-refractivity contribution is 0.722. The van der Waals surface area contributed by atoms with Gasteiger partial charge in [0.1, 0.15) is 0 Å². The van der Waals surface area contributed by atoms with Crippen LogP contribution in [0, 0.1) is 0 Å². The molecule has 0 amide bonds. The molecule has 164 valence electrons. The van der Waals surface area contributed by atoms with Crippen LogP contribution >= 0.6 is 0 Å². The summed E-state index contributed by atoms with van der Waals surface area (Å²) in [4.78, 5) is 0. The van der Waals surface area contributed by atoms with Crippen LogP contribution in [0.4, 0.5) is 0 Å². The van der Waals surface area contributed by atoms with E-state index in [-0.39, 0.29) is 6.04 Å². The van der Waals surface area contributed by atoms with E-state index < -0.39 is 0 Å². The molecule has 2 heteroatoms. The summed E-state index contributed by atoms with van der Waals surface area (Å²) in [5.74, 6) is 0. The van der Waals surface area contributed by atoms with Crippen LogP contribution in [0.3, 0.4) is 0 Å². The molecule has 0 aliphatic heterocycles. The van der Waals surface area contributed by atoms with Gasteiger partial charge >= 0.3 is 0 Å². The second-order valence-electron chi connectivity index (χ2n) is 8.84. The van der Waals surface area contributed by atoms with Gasteiger partial charge in [0, 0.05) is 22.5 Å². The highest BCUT2D eigenvalue weighted by atomic mass is 15.0. The summed E-state index contributed by atoms with van der Waals surface area (Å²) >= 11 is 0. The van der Waals surface area contributed by atoms with Crippen molar-refractivity contribution >= 4 is 21.8 Å². The Morgan fingerprint density at radius 3 is 1.82 bits per heavy atom. The third-order valence-corrected chi connectivity index (χ3v) is 6.65. The largest absolute Gasteiger partial charge is 0.324 e. The van der Waals surface area contributed by atoms with Crippen molar-refractivity contribution in [3.05, 3.63) is 139 Å². The predicted octanol–water partition coefficient (Wildman–Crippen LogP) is 7.69. The molecule has 0 saturated carbocycles. The molecule has 0 fully saturated rings. The van der Waals surface area contributed by atoms with Crippen LogP contribution in [-0.4, -0.2) is 4.57 Å². The average molecular weight is 439 g/mol. The van der Waals surface area contributed by atoms with Gasteiger partial charge in [-0.15, -0.1) is 0 Å². The number of nitrogens with two attached hydrogens (primary N) is 1. The minimum Gasteiger partial charge on any atom is -0.324 e. The van der Waals surface area contributed by atoms with Crippen LogP contribution in [0.15, 0.2) is 127 Å². The van der Waals surface area contributed by atoms with Gasteiger partial charge in [-0.1, -0.05) is 97.1 Å². The second kappa shape index (κ2) is 8.66. The van der Waals surface area contributed by atoms with Gasteiger partial charge in [0.25, 0.3) is 0 Å². The van der Waals surface area contributed by atoms with Gasteiger partial charge in [-0.2, -0.15) is 0 Å². The van der Waals surface area contributed by atoms with E-state index in [1.54, 1.807) is 0 Å². The van der Waals surface area contributed by atoms with Crippen LogP contribution in [-0.2, 0) is 6.42 Å². The Morgan fingerprint density at radius 1 is 0.559 bits per heavy atom. The first-order chi connectivity index (χ1) is 16.8. The highest BCUT2D eigenvalue weighted by molar-refractivity contribution is 6.09. The standard InChI is InChI=1S/C32H26N2/c33-30(26-12-8-11-25(22-26)24-9-2-1-3-10-24)21-23-17-19-27(20-18-23)34-31-15-6-4-13-28(31)29-14-5-7-16-32(29)34/h1-20,22,30H,21,33H2/t30-/m0/s1. The summed E-state index contributed by atoms with van der Waals surface area (Å²) in [6.07, 6.45) is 0.797. The molecule has 5 aromatic carbocycles. The smallest absolute Gasteiger partial charge is 0.0541 e. The lowest BCUT2D eigenvalue weighted by Gasteiger charge is -2.15. The molecule has 1 aromatic heterocycles. The maximum Gasteiger partial charge on any atom is 0.0541 e. The molecule has 2 N–H and O–H groups in total. The number of para-hydroxylation sites is 2. The molecule has 6 rings (SSSR count). The molecule has 1 heterocycles. The zero-order valence-corrected chi connectivity index (χ0v) is 18.9. The topological polar surface area (TPSA) is 30.9 Å². The molecule has 0 aliphatic carbocycles. The number of nitrogens with zero attached hydrogens (tertiary/aromatic N) is 1. The Morgan fingerprint density at radius 2 is 1.15 bits per heavy atom. The van der Waals surface area contributed by atoms with E-state index in [0.29, 0.717) is 0 Å². The molecule has 0 aliphatic rings. The van der Waals surface area contributed by atoms with Gasteiger partial charge in [0.15, 0.2) is 0 Å². The van der Waals surface area contributed by atoms with Gasteiger partial charge in [-0.3, -0.25) is 0 Å². The monoisotopic (exact) mass is 438 g/mol. The predicted molar refractivity (Wildman–Crippen MR) is 143 cm³/mol. The Kier molecular flexibility index (Phi) is 5.21. The summed E-state index contributed by atoms with van der Waals surface area (Å²) in [6, 6.07) is 45.0. The number of fused-ring (bicyclic) bond motifs is 3. The van der Waals surface area contributed by atoms with Gasteiger partial charge < -0.3 is 10.3 Å². The highest BCUT2D eigenvalue weighted by Gasteiger charge is 2.12. The maximum atomic E-state index is 6.65. The number of aromatic nitrogens is 1. The molecule has 0 saturated heterocycles. The lowest BCUT2D eigenvalue weighted by atomic mass is 9.96. The normalized spacial score (nSPS) is 12.3. The molecule has 0 spiro atoms. The Bertz CT molecular complexity index is 1520. The number of benzene rings is 5. The maximum absolute atomic E-state index is 6.65. The van der Waals surface area contributed by atoms with Crippen molar-refractivity contribution in [2.75, 3.05) is 0 Å². The van der Waals surface area contributed by atoms with E-state index in [2.05, 4.69) is 126 Å². The molecule has 0 unspecified atom stereocenters. The third kappa shape index (κ3) is 3.68. The molecular weight excluding hydrogens is 412 g/mol. The summed E-state index contributed by atoms with van der Waals surface area (Å²) in [7, 11) is 0. The zero-order chi connectivity index (χ0) is 22.9. The van der Waals surface area contributed by atoms with E-state index in [1.807, 2.05) is 6.07 Å². The highest BCUT2D eigenvalue weighted by Crippen LogP contribution is 2.32. The van der Waals surface area contributed by atoms with Crippen LogP contribution in [0.5, 0.6) is 0 Å². The fourth-order valence-electron chi connectivity index (χ4n) is 4.93. The summed E-state index contributed by atoms with van der Waals surface area (Å²) < 4.78 is 2.34. The summed E-state index contributed by atoms with van der Waals surface area (Å²) in [5.41, 5.74) is 15.1. The molecule has 0 radical (unpaired) electrons. The van der Waals surface area contributed by atoms with Crippen molar-refractivity contribution in [3.63, 3.8) is 0 Å². The van der Waals surface area contributed by atoms with Crippen molar-refractivity contribution < 1.29 is 0 Å². The van der Waals surface area contributed by atoms with E-state index in [4.69, 9.17) is 5.73 Å². The fraction of sp³-hybridized carbons (Fsp3) is 0.0625. The summed E-state index contributed by atoms with van der Waals surface area (Å²) in [6.45, 7) is 0. The van der Waals surface area contributed by atoms with Crippen molar-refractivity contribution in [1.82, 2.24) is 4.57 Å². The van der Waals surface area contributed by atoms with Crippen molar-refractivity contribution in [2.45, 2.75) is 12.5 Å². The summed E-state index contributed by atoms with van der Waals surface area (Å²) in [5, 5.41) is 2.56. The van der Waals surface area contributed by atoms with Crippen molar-refractivity contribution in [3.8, 4) is 16.8 Å². The number of hydrogen-bond acceptors (Lipinski definition) is 1. The number of hydrogen-bond donors (Lipinski definition) is 1. The van der Waals surface area contributed by atoms with Gasteiger partial charge in [0.05, 0.1) is 11.0 Å². The SMILES string of the molecule is N[C@@H](Cc1ccc(-n2c3ccccc3c3ccccc32)cc1)c1cccc(-c2ccccc2)c1. The van der Waals surface area contributed by atoms with Gasteiger partial charge in [0.2, 0.25) is 0 Å². The van der Waals surface area contributed by atoms with Crippen LogP contribution in [0.1, 0.15) is 17.2 Å². The van der Waals surface area contributed by atoms with E-state index in [1.165, 1.54) is 44.2 Å². The molecule has 1 atom stereocenters. The molecule has 6 aromatic rings. The Hall–Kier alpha value is -4.14. The third-order valence-electron chi connectivity index (χ3n) is 6.65. The molecule has 34 heavy (non-hydrogen) atoms. The number of rotatable bonds is 5. The first-order valence-electron chi connectivity index (χ1n) is 11.8. The first-order valence-corrected chi connectivity index (χ1v) is 11.8. The van der Waals surface area contributed by atoms with Gasteiger partial charge in [-0.05, 0) is 59.0 Å². The van der Waals surface area contributed by atoms with E-state index >= 15 is 0 Å². The molecule has 2 nitrogen and oxygen atoms in total. The lowest BCUT2D eigenvalue weighted by Crippen LogP contribution is -2.13. The molecular formula is C32H26N2.